The average molecular weight is 390 g/mol. The lowest BCUT2D eigenvalue weighted by atomic mass is 10.0. The summed E-state index contributed by atoms with van der Waals surface area (Å²) >= 11 is 0. The van der Waals surface area contributed by atoms with Gasteiger partial charge < -0.3 is 14.2 Å². The highest BCUT2D eigenvalue weighted by Gasteiger charge is 2.30. The first-order valence-corrected chi connectivity index (χ1v) is 8.80. The summed E-state index contributed by atoms with van der Waals surface area (Å²) in [5.41, 5.74) is 0.503. The molecule has 0 saturated carbocycles. The van der Waals surface area contributed by atoms with E-state index in [1.54, 1.807) is 0 Å². The van der Waals surface area contributed by atoms with Crippen molar-refractivity contribution in [1.82, 2.24) is 0 Å². The van der Waals surface area contributed by atoms with Gasteiger partial charge in [-0.15, -0.1) is 13.2 Å². The van der Waals surface area contributed by atoms with E-state index < -0.39 is 18.3 Å². The second kappa shape index (κ2) is 10.8. The molecule has 8 heteroatoms. The largest absolute Gasteiger partial charge is 0.573 e. The highest BCUT2D eigenvalue weighted by Crippen LogP contribution is 2.23. The molecule has 0 bridgehead atoms. The molecule has 0 aliphatic carbocycles. The van der Waals surface area contributed by atoms with Crippen LogP contribution in [0, 0.1) is 5.92 Å². The van der Waals surface area contributed by atoms with Gasteiger partial charge in [0.15, 0.2) is 0 Å². The summed E-state index contributed by atoms with van der Waals surface area (Å²) in [7, 11) is 0. The first kappa shape index (κ1) is 22.8. The van der Waals surface area contributed by atoms with Crippen molar-refractivity contribution in [3.05, 3.63) is 29.8 Å². The van der Waals surface area contributed by atoms with E-state index in [1.165, 1.54) is 12.1 Å². The minimum Gasteiger partial charge on any atom is -0.462 e. The van der Waals surface area contributed by atoms with Gasteiger partial charge in [-0.2, -0.15) is 0 Å². The number of hydrogen-bond acceptors (Lipinski definition) is 5. The van der Waals surface area contributed by atoms with Gasteiger partial charge in [0.2, 0.25) is 0 Å². The summed E-state index contributed by atoms with van der Waals surface area (Å²) in [5.74, 6) is -1.19. The molecule has 1 aromatic carbocycles. The number of carbonyl (C=O) groups excluding carboxylic acids is 2. The lowest BCUT2D eigenvalue weighted by Crippen LogP contribution is -2.24. The molecule has 0 N–H and O–H groups in total. The smallest absolute Gasteiger partial charge is 0.462 e. The lowest BCUT2D eigenvalue weighted by molar-refractivity contribution is -0.274. The molecule has 0 fully saturated rings. The Morgan fingerprint density at radius 1 is 1.04 bits per heavy atom. The van der Waals surface area contributed by atoms with Crippen molar-refractivity contribution in [2.24, 2.45) is 5.92 Å². The quantitative estimate of drug-likeness (QED) is 0.538. The van der Waals surface area contributed by atoms with Crippen LogP contribution in [0.15, 0.2) is 24.3 Å². The van der Waals surface area contributed by atoms with Crippen molar-refractivity contribution in [2.75, 3.05) is 0 Å². The zero-order valence-corrected chi connectivity index (χ0v) is 15.7. The van der Waals surface area contributed by atoms with Gasteiger partial charge in [-0.3, -0.25) is 9.59 Å². The maximum absolute atomic E-state index is 12.1. The summed E-state index contributed by atoms with van der Waals surface area (Å²) in [4.78, 5) is 23.5. The number of alkyl halides is 3. The van der Waals surface area contributed by atoms with Crippen molar-refractivity contribution in [1.29, 1.82) is 0 Å². The molecular weight excluding hydrogens is 365 g/mol. The first-order chi connectivity index (χ1) is 12.6. The minimum atomic E-state index is -4.76. The maximum atomic E-state index is 12.1. The molecule has 0 radical (unpaired) electrons. The third kappa shape index (κ3) is 9.86. The van der Waals surface area contributed by atoms with E-state index in [0.29, 0.717) is 5.56 Å². The van der Waals surface area contributed by atoms with E-state index >= 15 is 0 Å². The van der Waals surface area contributed by atoms with Crippen molar-refractivity contribution in [3.8, 4) is 5.75 Å². The van der Waals surface area contributed by atoms with Gasteiger partial charge in [0.25, 0.3) is 0 Å². The normalized spacial score (nSPS) is 12.6. The molecular formula is C19H25F3O5. The third-order valence-electron chi connectivity index (χ3n) is 3.69. The number of rotatable bonds is 10. The zero-order valence-electron chi connectivity index (χ0n) is 15.7. The van der Waals surface area contributed by atoms with Crippen LogP contribution in [-0.4, -0.2) is 24.4 Å². The molecule has 1 aromatic rings. The molecule has 27 heavy (non-hydrogen) atoms. The van der Waals surface area contributed by atoms with Gasteiger partial charge in [-0.05, 0) is 30.0 Å². The monoisotopic (exact) mass is 390 g/mol. The summed E-state index contributed by atoms with van der Waals surface area (Å²) in [5, 5.41) is 0. The van der Waals surface area contributed by atoms with Gasteiger partial charge in [0.05, 0.1) is 12.8 Å². The molecule has 1 unspecified atom stereocenters. The van der Waals surface area contributed by atoms with Crippen LogP contribution in [0.4, 0.5) is 13.2 Å². The van der Waals surface area contributed by atoms with Gasteiger partial charge in [0, 0.05) is 0 Å². The molecule has 0 aliphatic heterocycles. The van der Waals surface area contributed by atoms with Crippen LogP contribution in [0.1, 0.15) is 52.0 Å². The molecule has 1 atom stereocenters. The topological polar surface area (TPSA) is 61.8 Å². The molecule has 0 saturated heterocycles. The van der Waals surface area contributed by atoms with Crippen LogP contribution in [-0.2, 0) is 25.7 Å². The zero-order chi connectivity index (χ0) is 20.4. The van der Waals surface area contributed by atoms with Crippen molar-refractivity contribution >= 4 is 11.9 Å². The Hall–Kier alpha value is -2.25. The fourth-order valence-electron chi connectivity index (χ4n) is 2.27. The summed E-state index contributed by atoms with van der Waals surface area (Å²) in [6.45, 7) is 5.83. The fourth-order valence-corrected chi connectivity index (χ4v) is 2.27. The van der Waals surface area contributed by atoms with Crippen LogP contribution >= 0.6 is 0 Å². The highest BCUT2D eigenvalue weighted by molar-refractivity contribution is 5.77. The maximum Gasteiger partial charge on any atom is 0.573 e. The SMILES string of the molecule is CCCC(OC(=O)CCC(=O)OCc1ccc(OC(F)(F)F)cc1)C(C)C. The lowest BCUT2D eigenvalue weighted by Gasteiger charge is -2.20. The third-order valence-corrected chi connectivity index (χ3v) is 3.69. The van der Waals surface area contributed by atoms with Gasteiger partial charge >= 0.3 is 18.3 Å². The van der Waals surface area contributed by atoms with Crippen LogP contribution in [0.25, 0.3) is 0 Å². The van der Waals surface area contributed by atoms with Crippen LogP contribution in [0.3, 0.4) is 0 Å². The second-order valence-electron chi connectivity index (χ2n) is 6.41. The predicted molar refractivity (Wildman–Crippen MR) is 91.8 cm³/mol. The van der Waals surface area contributed by atoms with Crippen LogP contribution in [0.2, 0.25) is 0 Å². The van der Waals surface area contributed by atoms with E-state index in [1.807, 2.05) is 20.8 Å². The molecule has 0 aliphatic rings. The number of benzene rings is 1. The highest BCUT2D eigenvalue weighted by atomic mass is 19.4. The Morgan fingerprint density at radius 2 is 1.63 bits per heavy atom. The standard InChI is InChI=1S/C19H25F3O5/c1-4-5-16(13(2)3)26-18(24)11-10-17(23)25-12-14-6-8-15(9-7-14)27-19(20,21)22/h6-9,13,16H,4-5,10-12H2,1-3H3. The van der Waals surface area contributed by atoms with E-state index in [9.17, 15) is 22.8 Å². The Kier molecular flexibility index (Phi) is 9.11. The first-order valence-electron chi connectivity index (χ1n) is 8.80. The van der Waals surface area contributed by atoms with Gasteiger partial charge in [-0.1, -0.05) is 39.3 Å². The summed E-state index contributed by atoms with van der Waals surface area (Å²) < 4.78 is 50.4. The van der Waals surface area contributed by atoms with E-state index in [2.05, 4.69) is 4.74 Å². The summed E-state index contributed by atoms with van der Waals surface area (Å²) in [6, 6.07) is 4.99. The average Bonchev–Trinajstić information content (AvgIpc) is 2.57. The van der Waals surface area contributed by atoms with E-state index in [0.717, 1.165) is 25.0 Å². The van der Waals surface area contributed by atoms with Crippen molar-refractivity contribution in [2.45, 2.75) is 65.5 Å². The minimum absolute atomic E-state index is 0.0792. The van der Waals surface area contributed by atoms with E-state index in [4.69, 9.17) is 9.47 Å². The molecule has 5 nitrogen and oxygen atoms in total. The Labute approximate surface area is 156 Å². The number of ether oxygens (including phenoxy) is 3. The van der Waals surface area contributed by atoms with Crippen molar-refractivity contribution in [3.63, 3.8) is 0 Å². The molecule has 152 valence electrons. The molecule has 1 rings (SSSR count). The van der Waals surface area contributed by atoms with E-state index in [-0.39, 0.29) is 37.2 Å². The molecule has 0 heterocycles. The number of carbonyl (C=O) groups is 2. The Balaban J connectivity index is 2.35. The van der Waals surface area contributed by atoms with Crippen molar-refractivity contribution < 1.29 is 37.0 Å². The van der Waals surface area contributed by atoms with Gasteiger partial charge in [-0.25, -0.2) is 0 Å². The van der Waals surface area contributed by atoms with Crippen LogP contribution < -0.4 is 4.74 Å². The number of esters is 2. The molecule has 0 amide bonds. The Morgan fingerprint density at radius 3 is 2.15 bits per heavy atom. The van der Waals surface area contributed by atoms with Gasteiger partial charge in [0.1, 0.15) is 18.5 Å². The number of halogens is 3. The fraction of sp³-hybridized carbons (Fsp3) is 0.579. The van der Waals surface area contributed by atoms with Crippen LogP contribution in [0.5, 0.6) is 5.75 Å². The predicted octanol–water partition coefficient (Wildman–Crippen LogP) is 4.78. The molecule has 0 spiro atoms. The second-order valence-corrected chi connectivity index (χ2v) is 6.41. The molecule has 0 aromatic heterocycles. The number of hydrogen-bond donors (Lipinski definition) is 0. The Bertz CT molecular complexity index is 596. The summed E-state index contributed by atoms with van der Waals surface area (Å²) in [6.07, 6.45) is -3.47.